The molecule has 0 saturated heterocycles. The zero-order valence-corrected chi connectivity index (χ0v) is 8.73. The van der Waals surface area contributed by atoms with Crippen molar-refractivity contribution in [3.05, 3.63) is 22.2 Å². The van der Waals surface area contributed by atoms with Gasteiger partial charge in [0.05, 0.1) is 4.47 Å². The minimum atomic E-state index is 0.704. The minimum Gasteiger partial charge on any atom is -0.491 e. The second kappa shape index (κ2) is 3.55. The molecule has 0 saturated carbocycles. The van der Waals surface area contributed by atoms with Crippen LogP contribution in [0.5, 0.6) is 5.75 Å². The van der Waals surface area contributed by atoms with Crippen LogP contribution in [0.1, 0.15) is 5.56 Å². The molecule has 0 radical (unpaired) electrons. The van der Waals surface area contributed by atoms with Crippen LogP contribution in [-0.2, 0) is 6.54 Å². The van der Waals surface area contributed by atoms with Gasteiger partial charge in [0.1, 0.15) is 12.4 Å². The molecule has 1 aliphatic rings. The predicted molar refractivity (Wildman–Crippen MR) is 55.8 cm³/mol. The van der Waals surface area contributed by atoms with Crippen molar-refractivity contribution >= 4 is 21.6 Å². The lowest BCUT2D eigenvalue weighted by Crippen LogP contribution is -2.16. The van der Waals surface area contributed by atoms with E-state index in [1.54, 1.807) is 0 Å². The fourth-order valence-electron chi connectivity index (χ4n) is 1.41. The molecule has 4 heteroatoms. The zero-order chi connectivity index (χ0) is 9.26. The summed E-state index contributed by atoms with van der Waals surface area (Å²) in [6, 6.07) is 3.81. The van der Waals surface area contributed by atoms with E-state index in [4.69, 9.17) is 10.5 Å². The number of fused-ring (bicyclic) bond motifs is 1. The number of nitrogen functional groups attached to an aromatic ring is 1. The Bertz CT molecular complexity index is 328. The third-order valence-corrected chi connectivity index (χ3v) is 2.57. The summed E-state index contributed by atoms with van der Waals surface area (Å²) in [6.07, 6.45) is 0. The topological polar surface area (TPSA) is 47.3 Å². The SMILES string of the molecule is Nc1cc(Br)c2c(c1)CNCCO2. The fourth-order valence-corrected chi connectivity index (χ4v) is 2.05. The van der Waals surface area contributed by atoms with Gasteiger partial charge in [-0.15, -0.1) is 0 Å². The largest absolute Gasteiger partial charge is 0.491 e. The lowest BCUT2D eigenvalue weighted by Gasteiger charge is -2.09. The molecule has 3 N–H and O–H groups in total. The molecule has 1 heterocycles. The maximum absolute atomic E-state index is 5.72. The van der Waals surface area contributed by atoms with Crippen LogP contribution in [0.15, 0.2) is 16.6 Å². The summed E-state index contributed by atoms with van der Waals surface area (Å²) in [5, 5.41) is 3.26. The molecule has 0 spiro atoms. The highest BCUT2D eigenvalue weighted by Crippen LogP contribution is 2.32. The molecule has 0 bridgehead atoms. The van der Waals surface area contributed by atoms with Crippen molar-refractivity contribution in [1.29, 1.82) is 0 Å². The zero-order valence-electron chi connectivity index (χ0n) is 7.14. The van der Waals surface area contributed by atoms with E-state index in [9.17, 15) is 0 Å². The predicted octanol–water partition coefficient (Wildman–Crippen LogP) is 1.51. The van der Waals surface area contributed by atoms with Crippen molar-refractivity contribution in [3.63, 3.8) is 0 Å². The Hall–Kier alpha value is -0.740. The highest BCUT2D eigenvalue weighted by Gasteiger charge is 2.12. The van der Waals surface area contributed by atoms with Gasteiger partial charge in [0, 0.05) is 24.3 Å². The van der Waals surface area contributed by atoms with Crippen LogP contribution in [0.25, 0.3) is 0 Å². The van der Waals surface area contributed by atoms with Gasteiger partial charge in [-0.05, 0) is 28.1 Å². The second-order valence-electron chi connectivity index (χ2n) is 3.02. The van der Waals surface area contributed by atoms with Crippen LogP contribution in [-0.4, -0.2) is 13.2 Å². The first kappa shape index (κ1) is 8.84. The number of anilines is 1. The Morgan fingerprint density at radius 2 is 2.31 bits per heavy atom. The first-order valence-corrected chi connectivity index (χ1v) is 4.98. The summed E-state index contributed by atoms with van der Waals surface area (Å²) in [5.41, 5.74) is 7.60. The van der Waals surface area contributed by atoms with E-state index >= 15 is 0 Å². The number of ether oxygens (including phenoxy) is 1. The molecule has 1 aromatic rings. The maximum Gasteiger partial charge on any atom is 0.138 e. The molecule has 1 aliphatic heterocycles. The van der Waals surface area contributed by atoms with E-state index in [-0.39, 0.29) is 0 Å². The molecule has 0 atom stereocenters. The van der Waals surface area contributed by atoms with Gasteiger partial charge in [0.25, 0.3) is 0 Å². The van der Waals surface area contributed by atoms with Gasteiger partial charge in [0.15, 0.2) is 0 Å². The molecule has 0 unspecified atom stereocenters. The van der Waals surface area contributed by atoms with Crippen LogP contribution in [0, 0.1) is 0 Å². The molecule has 0 aliphatic carbocycles. The maximum atomic E-state index is 5.72. The molecule has 13 heavy (non-hydrogen) atoms. The average Bonchev–Trinajstić information content (AvgIpc) is 2.28. The van der Waals surface area contributed by atoms with E-state index in [1.165, 1.54) is 0 Å². The first-order chi connectivity index (χ1) is 6.27. The van der Waals surface area contributed by atoms with Gasteiger partial charge in [-0.1, -0.05) is 0 Å². The highest BCUT2D eigenvalue weighted by atomic mass is 79.9. The summed E-state index contributed by atoms with van der Waals surface area (Å²) in [6.45, 7) is 2.40. The van der Waals surface area contributed by atoms with Crippen LogP contribution in [0.3, 0.4) is 0 Å². The Balaban J connectivity index is 2.47. The van der Waals surface area contributed by atoms with E-state index < -0.39 is 0 Å². The number of hydrogen-bond donors (Lipinski definition) is 2. The number of halogens is 1. The van der Waals surface area contributed by atoms with Gasteiger partial charge < -0.3 is 15.8 Å². The van der Waals surface area contributed by atoms with Crippen molar-refractivity contribution in [2.75, 3.05) is 18.9 Å². The highest BCUT2D eigenvalue weighted by molar-refractivity contribution is 9.10. The molecule has 0 fully saturated rings. The minimum absolute atomic E-state index is 0.704. The third kappa shape index (κ3) is 1.78. The smallest absolute Gasteiger partial charge is 0.138 e. The van der Waals surface area contributed by atoms with Crippen LogP contribution >= 0.6 is 15.9 Å². The third-order valence-electron chi connectivity index (χ3n) is 1.98. The van der Waals surface area contributed by atoms with E-state index in [0.29, 0.717) is 6.61 Å². The van der Waals surface area contributed by atoms with Gasteiger partial charge in [-0.3, -0.25) is 0 Å². The standard InChI is InChI=1S/C9H11BrN2O/c10-8-4-7(11)3-6-5-12-1-2-13-9(6)8/h3-4,12H,1-2,5,11H2. The van der Waals surface area contributed by atoms with Crippen LogP contribution in [0.2, 0.25) is 0 Å². The van der Waals surface area contributed by atoms with E-state index in [0.717, 1.165) is 34.6 Å². The Kier molecular flexibility index (Phi) is 2.42. The van der Waals surface area contributed by atoms with Crippen LogP contribution in [0.4, 0.5) is 5.69 Å². The van der Waals surface area contributed by atoms with Crippen molar-refractivity contribution in [1.82, 2.24) is 5.32 Å². The van der Waals surface area contributed by atoms with Crippen molar-refractivity contribution < 1.29 is 4.74 Å². The Morgan fingerprint density at radius 3 is 3.15 bits per heavy atom. The molecule has 2 rings (SSSR count). The lowest BCUT2D eigenvalue weighted by molar-refractivity contribution is 0.324. The molecule has 0 amide bonds. The first-order valence-electron chi connectivity index (χ1n) is 4.19. The molecule has 0 aromatic heterocycles. The molecular weight excluding hydrogens is 232 g/mol. The quantitative estimate of drug-likeness (QED) is 0.679. The molecular formula is C9H11BrN2O. The van der Waals surface area contributed by atoms with Gasteiger partial charge in [-0.2, -0.15) is 0 Å². The van der Waals surface area contributed by atoms with E-state index in [1.807, 2.05) is 12.1 Å². The van der Waals surface area contributed by atoms with E-state index in [2.05, 4.69) is 21.2 Å². The van der Waals surface area contributed by atoms with Gasteiger partial charge >= 0.3 is 0 Å². The van der Waals surface area contributed by atoms with Crippen molar-refractivity contribution in [3.8, 4) is 5.75 Å². The number of nitrogens with two attached hydrogens (primary N) is 1. The Morgan fingerprint density at radius 1 is 1.46 bits per heavy atom. The summed E-state index contributed by atoms with van der Waals surface area (Å²) in [5.74, 6) is 0.916. The number of hydrogen-bond acceptors (Lipinski definition) is 3. The van der Waals surface area contributed by atoms with Gasteiger partial charge in [0.2, 0.25) is 0 Å². The number of nitrogens with one attached hydrogen (secondary N) is 1. The summed E-state index contributed by atoms with van der Waals surface area (Å²) >= 11 is 3.43. The monoisotopic (exact) mass is 242 g/mol. The normalized spacial score (nSPS) is 15.8. The summed E-state index contributed by atoms with van der Waals surface area (Å²) in [7, 11) is 0. The average molecular weight is 243 g/mol. The summed E-state index contributed by atoms with van der Waals surface area (Å²) < 4.78 is 6.51. The molecule has 3 nitrogen and oxygen atoms in total. The molecule has 1 aromatic carbocycles. The lowest BCUT2D eigenvalue weighted by atomic mass is 10.2. The Labute approximate surface area is 85.4 Å². The number of rotatable bonds is 0. The van der Waals surface area contributed by atoms with Gasteiger partial charge in [-0.25, -0.2) is 0 Å². The number of benzene rings is 1. The van der Waals surface area contributed by atoms with Crippen LogP contribution < -0.4 is 15.8 Å². The summed E-state index contributed by atoms with van der Waals surface area (Å²) in [4.78, 5) is 0. The fraction of sp³-hybridized carbons (Fsp3) is 0.333. The van der Waals surface area contributed by atoms with Crippen molar-refractivity contribution in [2.24, 2.45) is 0 Å². The molecule has 70 valence electrons. The van der Waals surface area contributed by atoms with Crippen molar-refractivity contribution in [2.45, 2.75) is 6.54 Å². The second-order valence-corrected chi connectivity index (χ2v) is 3.87.